The summed E-state index contributed by atoms with van der Waals surface area (Å²) < 4.78 is 34.2. The van der Waals surface area contributed by atoms with E-state index >= 15 is 0 Å². The Bertz CT molecular complexity index is 1110. The molecule has 0 amide bonds. The summed E-state index contributed by atoms with van der Waals surface area (Å²) in [6.45, 7) is 2.59. The number of hydrogen-bond donors (Lipinski definition) is 2. The number of rotatable bonds is 7. The number of carboxylic acids is 1. The normalized spacial score (nSPS) is 23.5. The van der Waals surface area contributed by atoms with Crippen LogP contribution >= 0.6 is 11.6 Å². The van der Waals surface area contributed by atoms with Crippen LogP contribution in [0, 0.1) is 5.92 Å². The predicted octanol–water partition coefficient (Wildman–Crippen LogP) is 2.70. The molecule has 2 aromatic carbocycles. The molecule has 0 radical (unpaired) electrons. The summed E-state index contributed by atoms with van der Waals surface area (Å²) in [5, 5.41) is 9.62. The zero-order valence-corrected chi connectivity index (χ0v) is 18.7. The molecule has 8 nitrogen and oxygen atoms in total. The van der Waals surface area contributed by atoms with Gasteiger partial charge in [-0.3, -0.25) is 4.90 Å². The molecule has 2 aromatic rings. The summed E-state index contributed by atoms with van der Waals surface area (Å²) >= 11 is 5.95. The van der Waals surface area contributed by atoms with Gasteiger partial charge in [0.05, 0.1) is 10.5 Å². The van der Waals surface area contributed by atoms with E-state index in [1.807, 2.05) is 0 Å². The molecule has 2 N–H and O–H groups in total. The molecule has 3 heterocycles. The van der Waals surface area contributed by atoms with E-state index in [1.54, 1.807) is 24.3 Å². The number of ether oxygens (including phenoxy) is 1. The monoisotopic (exact) mass is 478 g/mol. The Morgan fingerprint density at radius 3 is 2.41 bits per heavy atom. The van der Waals surface area contributed by atoms with Gasteiger partial charge in [0.15, 0.2) is 0 Å². The topological polar surface area (TPSA) is 113 Å². The summed E-state index contributed by atoms with van der Waals surface area (Å²) in [7, 11) is -4.23. The molecule has 170 valence electrons. The van der Waals surface area contributed by atoms with Gasteiger partial charge < -0.3 is 9.84 Å². The summed E-state index contributed by atoms with van der Waals surface area (Å²) in [5.41, 5.74) is 0.199. The van der Waals surface area contributed by atoms with E-state index in [9.17, 15) is 23.1 Å². The Kier molecular flexibility index (Phi) is 6.52. The molecule has 0 aromatic heterocycles. The Hall–Kier alpha value is -2.46. The largest absolute Gasteiger partial charge is 0.478 e. The lowest BCUT2D eigenvalue weighted by Crippen LogP contribution is -2.52. The summed E-state index contributed by atoms with van der Waals surface area (Å²) in [5.74, 6) is -1.69. The van der Waals surface area contributed by atoms with Crippen LogP contribution in [-0.2, 0) is 19.6 Å². The summed E-state index contributed by atoms with van der Waals surface area (Å²) in [4.78, 5) is 26.4. The van der Waals surface area contributed by atoms with Crippen molar-refractivity contribution in [2.45, 2.75) is 29.9 Å². The maximum Gasteiger partial charge on any atom is 0.335 e. The minimum atomic E-state index is -4.23. The minimum absolute atomic E-state index is 0.175. The van der Waals surface area contributed by atoms with Gasteiger partial charge in [-0.05, 0) is 67.7 Å². The standard InChI is InChI=1S/C22H23ClN2O6S/c23-17-6-4-15(5-7-17)20(22(28)31-19-13-25-10-8-14(19)9-11-25)24-32(29,30)18-3-1-2-16(12-18)21(26)27/h1-7,12,14,19-20,24H,8-11,13H2,(H,26,27)/t19-,20?/m0/s1. The first-order chi connectivity index (χ1) is 15.2. The van der Waals surface area contributed by atoms with Crippen molar-refractivity contribution in [1.29, 1.82) is 0 Å². The van der Waals surface area contributed by atoms with Gasteiger partial charge in [0.2, 0.25) is 10.0 Å². The number of benzene rings is 2. The maximum absolute atomic E-state index is 13.2. The number of sulfonamides is 1. The number of carbonyl (C=O) groups excluding carboxylic acids is 1. The highest BCUT2D eigenvalue weighted by Gasteiger charge is 2.38. The molecule has 1 unspecified atom stereocenters. The van der Waals surface area contributed by atoms with Crippen LogP contribution in [0.2, 0.25) is 5.02 Å². The molecule has 3 aliphatic rings. The van der Waals surface area contributed by atoms with Crippen LogP contribution in [0.15, 0.2) is 53.4 Å². The third kappa shape index (κ3) is 4.96. The molecule has 5 rings (SSSR count). The Morgan fingerprint density at radius 2 is 1.81 bits per heavy atom. The zero-order chi connectivity index (χ0) is 22.9. The molecule has 0 saturated carbocycles. The fourth-order valence-electron chi connectivity index (χ4n) is 4.19. The Labute approximate surface area is 191 Å². The number of esters is 1. The fourth-order valence-corrected chi connectivity index (χ4v) is 5.53. The Morgan fingerprint density at radius 1 is 1.12 bits per heavy atom. The van der Waals surface area contributed by atoms with E-state index < -0.39 is 28.0 Å². The van der Waals surface area contributed by atoms with Crippen molar-refractivity contribution < 1.29 is 27.9 Å². The molecule has 3 aliphatic heterocycles. The molecule has 32 heavy (non-hydrogen) atoms. The van der Waals surface area contributed by atoms with Gasteiger partial charge in [0.25, 0.3) is 0 Å². The second-order valence-corrected chi connectivity index (χ2v) is 10.2. The molecule has 10 heteroatoms. The van der Waals surface area contributed by atoms with Gasteiger partial charge in [-0.25, -0.2) is 18.0 Å². The first kappa shape index (κ1) is 22.7. The van der Waals surface area contributed by atoms with E-state index in [2.05, 4.69) is 9.62 Å². The van der Waals surface area contributed by atoms with Crippen LogP contribution < -0.4 is 4.72 Å². The van der Waals surface area contributed by atoms with Gasteiger partial charge in [-0.1, -0.05) is 29.8 Å². The Balaban J connectivity index is 1.60. The number of nitrogens with one attached hydrogen (secondary N) is 1. The molecule has 0 aliphatic carbocycles. The SMILES string of the molecule is O=C(O)c1cccc(S(=O)(=O)NC(C(=O)O[C@H]2CN3CCC2CC3)c2ccc(Cl)cc2)c1. The predicted molar refractivity (Wildman–Crippen MR) is 117 cm³/mol. The number of fused-ring (bicyclic) bond motifs is 3. The molecular weight excluding hydrogens is 456 g/mol. The second kappa shape index (κ2) is 9.19. The lowest BCUT2D eigenvalue weighted by Gasteiger charge is -2.44. The summed E-state index contributed by atoms with van der Waals surface area (Å²) in [6, 6.07) is 9.87. The minimum Gasteiger partial charge on any atom is -0.478 e. The molecule has 3 fully saturated rings. The van der Waals surface area contributed by atoms with E-state index in [4.69, 9.17) is 16.3 Å². The molecule has 2 bridgehead atoms. The van der Waals surface area contributed by atoms with Gasteiger partial charge in [0, 0.05) is 11.6 Å². The second-order valence-electron chi connectivity index (χ2n) is 8.05. The summed E-state index contributed by atoms with van der Waals surface area (Å²) in [6.07, 6.45) is 1.59. The van der Waals surface area contributed by atoms with Crippen LogP contribution in [0.1, 0.15) is 34.8 Å². The van der Waals surface area contributed by atoms with Gasteiger partial charge >= 0.3 is 11.9 Å². The quantitative estimate of drug-likeness (QED) is 0.588. The van der Waals surface area contributed by atoms with Gasteiger partial charge in [-0.15, -0.1) is 0 Å². The first-order valence-electron chi connectivity index (χ1n) is 10.3. The average Bonchev–Trinajstić information content (AvgIpc) is 2.79. The molecular formula is C22H23ClN2O6S. The van der Waals surface area contributed by atoms with E-state index in [0.29, 0.717) is 17.1 Å². The van der Waals surface area contributed by atoms with Crippen molar-refractivity contribution in [1.82, 2.24) is 9.62 Å². The fraction of sp³-hybridized carbons (Fsp3) is 0.364. The van der Waals surface area contributed by atoms with Crippen molar-refractivity contribution in [3.8, 4) is 0 Å². The van der Waals surface area contributed by atoms with E-state index in [1.165, 1.54) is 18.2 Å². The molecule has 2 atom stereocenters. The number of carbonyl (C=O) groups is 2. The van der Waals surface area contributed by atoms with Crippen molar-refractivity contribution in [3.05, 3.63) is 64.7 Å². The van der Waals surface area contributed by atoms with E-state index in [-0.39, 0.29) is 22.5 Å². The lowest BCUT2D eigenvalue weighted by molar-refractivity contribution is -0.161. The number of halogens is 1. The lowest BCUT2D eigenvalue weighted by atomic mass is 9.86. The van der Waals surface area contributed by atoms with Gasteiger partial charge in [-0.2, -0.15) is 4.72 Å². The van der Waals surface area contributed by atoms with Crippen LogP contribution in [0.4, 0.5) is 0 Å². The maximum atomic E-state index is 13.2. The number of hydrogen-bond acceptors (Lipinski definition) is 6. The van der Waals surface area contributed by atoms with Crippen molar-refractivity contribution in [3.63, 3.8) is 0 Å². The number of piperidine rings is 3. The first-order valence-corrected chi connectivity index (χ1v) is 12.1. The smallest absolute Gasteiger partial charge is 0.335 e. The highest BCUT2D eigenvalue weighted by Crippen LogP contribution is 2.31. The van der Waals surface area contributed by atoms with Crippen molar-refractivity contribution in [2.75, 3.05) is 19.6 Å². The third-order valence-electron chi connectivity index (χ3n) is 5.97. The van der Waals surface area contributed by atoms with Crippen molar-refractivity contribution in [2.24, 2.45) is 5.92 Å². The van der Waals surface area contributed by atoms with Gasteiger partial charge in [0.1, 0.15) is 12.1 Å². The van der Waals surface area contributed by atoms with E-state index in [0.717, 1.165) is 32.0 Å². The average molecular weight is 479 g/mol. The number of aromatic carboxylic acids is 1. The molecule has 0 spiro atoms. The van der Waals surface area contributed by atoms with Crippen LogP contribution in [-0.4, -0.2) is 56.1 Å². The molecule has 3 saturated heterocycles. The van der Waals surface area contributed by atoms with Crippen LogP contribution in [0.25, 0.3) is 0 Å². The van der Waals surface area contributed by atoms with Crippen molar-refractivity contribution >= 4 is 33.6 Å². The number of nitrogens with zero attached hydrogens (tertiary/aromatic N) is 1. The highest BCUT2D eigenvalue weighted by atomic mass is 35.5. The van der Waals surface area contributed by atoms with Crippen LogP contribution in [0.5, 0.6) is 0 Å². The number of carboxylic acid groups (broad SMARTS) is 1. The van der Waals surface area contributed by atoms with Crippen LogP contribution in [0.3, 0.4) is 0 Å². The zero-order valence-electron chi connectivity index (χ0n) is 17.1. The third-order valence-corrected chi connectivity index (χ3v) is 7.64. The highest BCUT2D eigenvalue weighted by molar-refractivity contribution is 7.89.